The van der Waals surface area contributed by atoms with Gasteiger partial charge in [0.05, 0.1) is 0 Å². The number of hydrazine groups is 1. The lowest BCUT2D eigenvalue weighted by Gasteiger charge is -2.29. The molecule has 1 amide bonds. The first kappa shape index (κ1) is 11.5. The topological polar surface area (TPSA) is 43.8 Å². The van der Waals surface area contributed by atoms with Gasteiger partial charge in [-0.15, -0.1) is 0 Å². The molecule has 0 aliphatic carbocycles. The van der Waals surface area contributed by atoms with E-state index in [9.17, 15) is 4.79 Å². The van der Waals surface area contributed by atoms with Crippen LogP contribution in [0, 0.1) is 5.92 Å². The van der Waals surface area contributed by atoms with E-state index in [0.29, 0.717) is 12.3 Å². The maximum Gasteiger partial charge on any atom is 0.238 e. The minimum Gasteiger partial charge on any atom is -0.396 e. The first-order valence-corrected chi connectivity index (χ1v) is 5.31. The van der Waals surface area contributed by atoms with Crippen molar-refractivity contribution in [3.63, 3.8) is 0 Å². The molecule has 0 aromatic rings. The molecule has 1 aliphatic heterocycles. The molecule has 0 aromatic heterocycles. The minimum absolute atomic E-state index is 0.195. The van der Waals surface area contributed by atoms with E-state index in [-0.39, 0.29) is 12.5 Å². The van der Waals surface area contributed by atoms with Gasteiger partial charge in [-0.1, -0.05) is 13.8 Å². The SMILES string of the molecule is CC(C)CN1C(=O)CCN1CCCO. The molecule has 1 heterocycles. The van der Waals surface area contributed by atoms with Gasteiger partial charge >= 0.3 is 0 Å². The van der Waals surface area contributed by atoms with Crippen molar-refractivity contribution in [3.8, 4) is 0 Å². The summed E-state index contributed by atoms with van der Waals surface area (Å²) in [6, 6.07) is 0. The van der Waals surface area contributed by atoms with Crippen molar-refractivity contribution in [1.29, 1.82) is 0 Å². The highest BCUT2D eigenvalue weighted by Gasteiger charge is 2.28. The molecule has 1 rings (SSSR count). The molecule has 4 heteroatoms. The van der Waals surface area contributed by atoms with Gasteiger partial charge in [0.25, 0.3) is 0 Å². The van der Waals surface area contributed by atoms with Crippen LogP contribution < -0.4 is 0 Å². The highest BCUT2D eigenvalue weighted by Crippen LogP contribution is 2.14. The first-order valence-electron chi connectivity index (χ1n) is 5.31. The van der Waals surface area contributed by atoms with Crippen LogP contribution in [0.3, 0.4) is 0 Å². The molecule has 82 valence electrons. The monoisotopic (exact) mass is 200 g/mol. The third-order valence-electron chi connectivity index (χ3n) is 2.33. The smallest absolute Gasteiger partial charge is 0.238 e. The average molecular weight is 200 g/mol. The van der Waals surface area contributed by atoms with Gasteiger partial charge in [-0.05, 0) is 12.3 Å². The summed E-state index contributed by atoms with van der Waals surface area (Å²) in [5, 5.41) is 12.6. The summed E-state index contributed by atoms with van der Waals surface area (Å²) in [6.07, 6.45) is 1.36. The highest BCUT2D eigenvalue weighted by atomic mass is 16.3. The lowest BCUT2D eigenvalue weighted by atomic mass is 10.2. The number of hydrogen-bond donors (Lipinski definition) is 1. The standard InChI is InChI=1S/C10H20N2O2/c1-9(2)8-12-10(14)4-6-11(12)5-3-7-13/h9,13H,3-8H2,1-2H3. The zero-order chi connectivity index (χ0) is 10.6. The zero-order valence-electron chi connectivity index (χ0n) is 9.07. The quantitative estimate of drug-likeness (QED) is 0.701. The van der Waals surface area contributed by atoms with E-state index >= 15 is 0 Å². The van der Waals surface area contributed by atoms with Gasteiger partial charge in [0.1, 0.15) is 0 Å². The molecule has 0 aromatic carbocycles. The number of hydrogen-bond acceptors (Lipinski definition) is 3. The summed E-state index contributed by atoms with van der Waals surface area (Å²) in [5.74, 6) is 0.713. The molecule has 1 N–H and O–H groups in total. The van der Waals surface area contributed by atoms with Crippen LogP contribution in [0.2, 0.25) is 0 Å². The summed E-state index contributed by atoms with van der Waals surface area (Å²) in [4.78, 5) is 11.5. The summed E-state index contributed by atoms with van der Waals surface area (Å²) in [6.45, 7) is 6.80. The van der Waals surface area contributed by atoms with Gasteiger partial charge in [-0.2, -0.15) is 0 Å². The van der Waals surface area contributed by atoms with Crippen molar-refractivity contribution in [2.75, 3.05) is 26.2 Å². The fourth-order valence-corrected chi connectivity index (χ4v) is 1.68. The molecule has 4 nitrogen and oxygen atoms in total. The fraction of sp³-hybridized carbons (Fsp3) is 0.900. The normalized spacial score (nSPS) is 18.6. The zero-order valence-corrected chi connectivity index (χ0v) is 9.07. The van der Waals surface area contributed by atoms with Crippen molar-refractivity contribution < 1.29 is 9.90 Å². The number of carbonyl (C=O) groups is 1. The number of rotatable bonds is 5. The Kier molecular flexibility index (Phi) is 4.35. The third kappa shape index (κ3) is 2.96. The predicted molar refractivity (Wildman–Crippen MR) is 54.4 cm³/mol. The lowest BCUT2D eigenvalue weighted by Crippen LogP contribution is -2.41. The Labute approximate surface area is 85.5 Å². The summed E-state index contributed by atoms with van der Waals surface area (Å²) in [5.41, 5.74) is 0. The average Bonchev–Trinajstić information content (AvgIpc) is 2.45. The van der Waals surface area contributed by atoms with E-state index in [2.05, 4.69) is 18.9 Å². The van der Waals surface area contributed by atoms with Crippen LogP contribution >= 0.6 is 0 Å². The maximum absolute atomic E-state index is 11.5. The highest BCUT2D eigenvalue weighted by molar-refractivity contribution is 5.77. The molecule has 1 aliphatic rings. The number of amides is 1. The van der Waals surface area contributed by atoms with Crippen LogP contribution in [0.25, 0.3) is 0 Å². The van der Waals surface area contributed by atoms with E-state index in [1.165, 1.54) is 0 Å². The molecule has 1 saturated heterocycles. The van der Waals surface area contributed by atoms with Gasteiger partial charge in [0.15, 0.2) is 0 Å². The Morgan fingerprint density at radius 1 is 1.50 bits per heavy atom. The van der Waals surface area contributed by atoms with Crippen molar-refractivity contribution in [2.24, 2.45) is 5.92 Å². The molecule has 0 radical (unpaired) electrons. The Bertz CT molecular complexity index is 195. The second-order valence-electron chi connectivity index (χ2n) is 4.15. The van der Waals surface area contributed by atoms with Crippen LogP contribution in [0.4, 0.5) is 0 Å². The van der Waals surface area contributed by atoms with Gasteiger partial charge in [0, 0.05) is 32.7 Å². The van der Waals surface area contributed by atoms with Crippen molar-refractivity contribution >= 4 is 5.91 Å². The minimum atomic E-state index is 0.195. The number of nitrogens with zero attached hydrogens (tertiary/aromatic N) is 2. The number of carbonyl (C=O) groups excluding carboxylic acids is 1. The third-order valence-corrected chi connectivity index (χ3v) is 2.33. The number of aliphatic hydroxyl groups excluding tert-OH is 1. The lowest BCUT2D eigenvalue weighted by molar-refractivity contribution is -0.139. The first-order chi connectivity index (χ1) is 6.65. The maximum atomic E-state index is 11.5. The second kappa shape index (κ2) is 5.32. The Hall–Kier alpha value is -0.610. The van der Waals surface area contributed by atoms with Crippen LogP contribution in [0.5, 0.6) is 0 Å². The van der Waals surface area contributed by atoms with Crippen molar-refractivity contribution in [3.05, 3.63) is 0 Å². The molecular formula is C10H20N2O2. The van der Waals surface area contributed by atoms with Gasteiger partial charge < -0.3 is 5.11 Å². The Morgan fingerprint density at radius 3 is 2.79 bits per heavy atom. The Morgan fingerprint density at radius 2 is 2.21 bits per heavy atom. The second-order valence-corrected chi connectivity index (χ2v) is 4.15. The predicted octanol–water partition coefficient (Wildman–Crippen LogP) is 0.474. The molecule has 0 saturated carbocycles. The molecule has 0 unspecified atom stereocenters. The van der Waals surface area contributed by atoms with E-state index in [0.717, 1.165) is 26.1 Å². The summed E-state index contributed by atoms with van der Waals surface area (Å²) in [7, 11) is 0. The largest absolute Gasteiger partial charge is 0.396 e. The summed E-state index contributed by atoms with van der Waals surface area (Å²) < 4.78 is 0. The van der Waals surface area contributed by atoms with Gasteiger partial charge in [0.2, 0.25) is 5.91 Å². The molecule has 0 spiro atoms. The van der Waals surface area contributed by atoms with Crippen molar-refractivity contribution in [2.45, 2.75) is 26.7 Å². The van der Waals surface area contributed by atoms with E-state index in [1.807, 2.05) is 5.01 Å². The number of aliphatic hydroxyl groups is 1. The van der Waals surface area contributed by atoms with E-state index < -0.39 is 0 Å². The summed E-state index contributed by atoms with van der Waals surface area (Å²) >= 11 is 0. The molecule has 14 heavy (non-hydrogen) atoms. The van der Waals surface area contributed by atoms with E-state index in [1.54, 1.807) is 0 Å². The van der Waals surface area contributed by atoms with E-state index in [4.69, 9.17) is 5.11 Å². The van der Waals surface area contributed by atoms with Gasteiger partial charge in [-0.25, -0.2) is 5.01 Å². The van der Waals surface area contributed by atoms with Crippen LogP contribution in [0.15, 0.2) is 0 Å². The van der Waals surface area contributed by atoms with Crippen molar-refractivity contribution in [1.82, 2.24) is 10.0 Å². The molecule has 1 fully saturated rings. The fourth-order valence-electron chi connectivity index (χ4n) is 1.68. The van der Waals surface area contributed by atoms with Crippen LogP contribution in [-0.4, -0.2) is 47.3 Å². The van der Waals surface area contributed by atoms with Crippen LogP contribution in [0.1, 0.15) is 26.7 Å². The molecule has 0 atom stereocenters. The molecule has 0 bridgehead atoms. The molecular weight excluding hydrogens is 180 g/mol. The van der Waals surface area contributed by atoms with Crippen LogP contribution in [-0.2, 0) is 4.79 Å². The van der Waals surface area contributed by atoms with Gasteiger partial charge in [-0.3, -0.25) is 9.80 Å². The Balaban J connectivity index is 2.44.